The van der Waals surface area contributed by atoms with Gasteiger partial charge in [-0.3, -0.25) is 4.98 Å². The average Bonchev–Trinajstić information content (AvgIpc) is 2.76. The highest BCUT2D eigenvalue weighted by Gasteiger charge is 1.99. The fourth-order valence-corrected chi connectivity index (χ4v) is 1.99. The van der Waals surface area contributed by atoms with Crippen LogP contribution in [0.3, 0.4) is 0 Å². The zero-order valence-corrected chi connectivity index (χ0v) is 10.0. The van der Waals surface area contributed by atoms with E-state index >= 15 is 0 Å². The Bertz CT molecular complexity index is 492. The molecule has 0 unspecified atom stereocenters. The van der Waals surface area contributed by atoms with Gasteiger partial charge in [-0.15, -0.1) is 0 Å². The molecule has 1 N–H and O–H groups in total. The lowest BCUT2D eigenvalue weighted by Gasteiger charge is -2.04. The SMILES string of the molecule is O=c1[nH]cc(CSCCOc2ccccc2)o1. The molecular weight excluding hydrogens is 238 g/mol. The molecule has 0 fully saturated rings. The van der Waals surface area contributed by atoms with E-state index in [-0.39, 0.29) is 0 Å². The molecule has 90 valence electrons. The Morgan fingerprint density at radius 2 is 2.12 bits per heavy atom. The van der Waals surface area contributed by atoms with Crippen LogP contribution in [0.4, 0.5) is 0 Å². The van der Waals surface area contributed by atoms with Crippen molar-refractivity contribution in [3.63, 3.8) is 0 Å². The maximum atomic E-state index is 10.7. The summed E-state index contributed by atoms with van der Waals surface area (Å²) >= 11 is 1.66. The van der Waals surface area contributed by atoms with Crippen molar-refractivity contribution in [2.45, 2.75) is 5.75 Å². The summed E-state index contributed by atoms with van der Waals surface area (Å²) < 4.78 is 10.4. The maximum absolute atomic E-state index is 10.7. The number of ether oxygens (including phenoxy) is 1. The van der Waals surface area contributed by atoms with Crippen molar-refractivity contribution < 1.29 is 9.15 Å². The van der Waals surface area contributed by atoms with E-state index in [0.29, 0.717) is 18.1 Å². The third-order valence-electron chi connectivity index (χ3n) is 2.06. The highest BCUT2D eigenvalue weighted by Crippen LogP contribution is 2.12. The molecule has 0 aliphatic heterocycles. The Labute approximate surface area is 103 Å². The standard InChI is InChI=1S/C12H13NO3S/c14-12-13-8-11(16-12)9-17-7-6-15-10-4-2-1-3-5-10/h1-5,8H,6-7,9H2,(H,13,14). The van der Waals surface area contributed by atoms with Crippen LogP contribution in [0.25, 0.3) is 0 Å². The van der Waals surface area contributed by atoms with Gasteiger partial charge < -0.3 is 9.15 Å². The summed E-state index contributed by atoms with van der Waals surface area (Å²) in [7, 11) is 0. The number of rotatable bonds is 6. The van der Waals surface area contributed by atoms with Crippen LogP contribution in [0.2, 0.25) is 0 Å². The first kappa shape index (κ1) is 11.9. The van der Waals surface area contributed by atoms with Crippen molar-refractivity contribution in [3.8, 4) is 5.75 Å². The number of oxazole rings is 1. The summed E-state index contributed by atoms with van der Waals surface area (Å²) in [6, 6.07) is 9.69. The summed E-state index contributed by atoms with van der Waals surface area (Å²) in [5.74, 6) is 2.67. The van der Waals surface area contributed by atoms with Gasteiger partial charge in [-0.2, -0.15) is 11.8 Å². The highest BCUT2D eigenvalue weighted by molar-refractivity contribution is 7.98. The number of thioether (sulfide) groups is 1. The largest absolute Gasteiger partial charge is 0.493 e. The van der Waals surface area contributed by atoms with E-state index in [2.05, 4.69) is 4.98 Å². The van der Waals surface area contributed by atoms with Crippen molar-refractivity contribution in [1.82, 2.24) is 4.98 Å². The number of benzene rings is 1. The Hall–Kier alpha value is -1.62. The fourth-order valence-electron chi connectivity index (χ4n) is 1.30. The van der Waals surface area contributed by atoms with Crippen molar-refractivity contribution in [1.29, 1.82) is 0 Å². The molecule has 17 heavy (non-hydrogen) atoms. The van der Waals surface area contributed by atoms with E-state index in [9.17, 15) is 4.79 Å². The van der Waals surface area contributed by atoms with Gasteiger partial charge in [0.15, 0.2) is 0 Å². The van der Waals surface area contributed by atoms with Crippen LogP contribution in [-0.4, -0.2) is 17.3 Å². The monoisotopic (exact) mass is 251 g/mol. The molecule has 1 aromatic heterocycles. The van der Waals surface area contributed by atoms with Crippen molar-refractivity contribution in [2.75, 3.05) is 12.4 Å². The molecule has 5 heteroatoms. The Morgan fingerprint density at radius 3 is 2.82 bits per heavy atom. The molecular formula is C12H13NO3S. The summed E-state index contributed by atoms with van der Waals surface area (Å²) in [6.07, 6.45) is 1.59. The van der Waals surface area contributed by atoms with Crippen LogP contribution < -0.4 is 10.5 Å². The van der Waals surface area contributed by atoms with Gasteiger partial charge in [-0.25, -0.2) is 4.79 Å². The second-order valence-electron chi connectivity index (χ2n) is 3.36. The summed E-state index contributed by atoms with van der Waals surface area (Å²) in [5, 5.41) is 0. The van der Waals surface area contributed by atoms with E-state index in [4.69, 9.17) is 9.15 Å². The lowest BCUT2D eigenvalue weighted by atomic mass is 10.3. The third kappa shape index (κ3) is 4.03. The summed E-state index contributed by atoms with van der Waals surface area (Å²) in [6.45, 7) is 0.642. The van der Waals surface area contributed by atoms with Gasteiger partial charge in [0.05, 0.1) is 12.4 Å². The molecule has 0 bridgehead atoms. The highest BCUT2D eigenvalue weighted by atomic mass is 32.2. The minimum absolute atomic E-state index is 0.402. The van der Waals surface area contributed by atoms with Gasteiger partial charge >= 0.3 is 5.76 Å². The second-order valence-corrected chi connectivity index (χ2v) is 4.46. The van der Waals surface area contributed by atoms with Gasteiger partial charge in [-0.05, 0) is 12.1 Å². The molecule has 0 saturated carbocycles. The molecule has 0 spiro atoms. The molecule has 1 heterocycles. The minimum atomic E-state index is -0.402. The Kier molecular flexibility index (Phi) is 4.32. The molecule has 4 nitrogen and oxygen atoms in total. The number of H-pyrrole nitrogens is 1. The first-order valence-electron chi connectivity index (χ1n) is 5.27. The van der Waals surface area contributed by atoms with Gasteiger partial charge in [0.1, 0.15) is 11.5 Å². The smallest absolute Gasteiger partial charge is 0.416 e. The van der Waals surface area contributed by atoms with Crippen molar-refractivity contribution in [2.24, 2.45) is 0 Å². The summed E-state index contributed by atoms with van der Waals surface area (Å²) in [4.78, 5) is 13.2. The topological polar surface area (TPSA) is 55.2 Å². The van der Waals surface area contributed by atoms with E-state index in [1.54, 1.807) is 18.0 Å². The maximum Gasteiger partial charge on any atom is 0.416 e. The van der Waals surface area contributed by atoms with Crippen LogP contribution in [0, 0.1) is 0 Å². The van der Waals surface area contributed by atoms with Crippen LogP contribution in [-0.2, 0) is 5.75 Å². The molecule has 0 atom stereocenters. The van der Waals surface area contributed by atoms with Crippen molar-refractivity contribution in [3.05, 3.63) is 52.8 Å². The molecule has 2 rings (SSSR count). The Morgan fingerprint density at radius 1 is 1.29 bits per heavy atom. The van der Waals surface area contributed by atoms with E-state index in [1.807, 2.05) is 30.3 Å². The van der Waals surface area contributed by atoms with Gasteiger partial charge in [-0.1, -0.05) is 18.2 Å². The van der Waals surface area contributed by atoms with E-state index < -0.39 is 5.76 Å². The van der Waals surface area contributed by atoms with Gasteiger partial charge in [0, 0.05) is 11.9 Å². The molecule has 2 aromatic rings. The number of para-hydroxylation sites is 1. The van der Waals surface area contributed by atoms with Crippen LogP contribution in [0.1, 0.15) is 5.76 Å². The zero-order valence-electron chi connectivity index (χ0n) is 9.22. The third-order valence-corrected chi connectivity index (χ3v) is 3.00. The first-order chi connectivity index (χ1) is 8.34. The van der Waals surface area contributed by atoms with Crippen LogP contribution >= 0.6 is 11.8 Å². The molecule has 1 aromatic carbocycles. The minimum Gasteiger partial charge on any atom is -0.493 e. The molecule has 0 radical (unpaired) electrons. The Balaban J connectivity index is 1.62. The normalized spacial score (nSPS) is 10.4. The number of hydrogen-bond donors (Lipinski definition) is 1. The number of nitrogens with one attached hydrogen (secondary N) is 1. The summed E-state index contributed by atoms with van der Waals surface area (Å²) in [5.41, 5.74) is 0. The predicted octanol–water partition coefficient (Wildman–Crippen LogP) is 2.28. The van der Waals surface area contributed by atoms with Gasteiger partial charge in [0.2, 0.25) is 0 Å². The van der Waals surface area contributed by atoms with Crippen LogP contribution in [0.5, 0.6) is 5.75 Å². The molecule has 0 saturated heterocycles. The zero-order chi connectivity index (χ0) is 11.9. The predicted molar refractivity (Wildman–Crippen MR) is 67.4 cm³/mol. The van der Waals surface area contributed by atoms with E-state index in [0.717, 1.165) is 11.5 Å². The van der Waals surface area contributed by atoms with Gasteiger partial charge in [0.25, 0.3) is 0 Å². The molecule has 0 aliphatic carbocycles. The lowest BCUT2D eigenvalue weighted by Crippen LogP contribution is -2.00. The molecule has 0 aliphatic rings. The number of aromatic amines is 1. The number of hydrogen-bond acceptors (Lipinski definition) is 4. The average molecular weight is 251 g/mol. The van der Waals surface area contributed by atoms with Crippen molar-refractivity contribution >= 4 is 11.8 Å². The number of aromatic nitrogens is 1. The van der Waals surface area contributed by atoms with Crippen LogP contribution in [0.15, 0.2) is 45.7 Å². The second kappa shape index (κ2) is 6.20. The fraction of sp³-hybridized carbons (Fsp3) is 0.250. The lowest BCUT2D eigenvalue weighted by molar-refractivity contribution is 0.344. The van der Waals surface area contributed by atoms with E-state index in [1.165, 1.54) is 0 Å². The molecule has 0 amide bonds. The quantitative estimate of drug-likeness (QED) is 0.800. The first-order valence-corrected chi connectivity index (χ1v) is 6.43.